The van der Waals surface area contributed by atoms with Crippen LogP contribution in [0, 0.1) is 0 Å². The number of aliphatic hydroxyl groups is 1. The smallest absolute Gasteiger partial charge is 0.246 e. The predicted molar refractivity (Wildman–Crippen MR) is 100 cm³/mol. The third-order valence-corrected chi connectivity index (χ3v) is 3.55. The molecule has 0 bridgehead atoms. The minimum atomic E-state index is -0.131. The molecule has 0 unspecified atom stereocenters. The van der Waals surface area contributed by atoms with Crippen molar-refractivity contribution in [1.29, 1.82) is 0 Å². The second kappa shape index (κ2) is 9.64. The Hall–Kier alpha value is -2.59. The molecular formula is C21H25NO3. The quantitative estimate of drug-likeness (QED) is 0.749. The van der Waals surface area contributed by atoms with Gasteiger partial charge in [0.1, 0.15) is 5.75 Å². The number of nitrogens with zero attached hydrogens (tertiary/aromatic N) is 1. The van der Waals surface area contributed by atoms with Crippen LogP contribution in [-0.4, -0.2) is 35.2 Å². The molecule has 4 nitrogen and oxygen atoms in total. The number of aliphatic hydroxyl groups excluding tert-OH is 1. The molecule has 0 saturated heterocycles. The van der Waals surface area contributed by atoms with Crippen molar-refractivity contribution in [3.05, 3.63) is 71.8 Å². The molecular weight excluding hydrogens is 314 g/mol. The number of carbonyl (C=O) groups excluding carboxylic acids is 1. The Kier molecular flexibility index (Phi) is 7.23. The van der Waals surface area contributed by atoms with Gasteiger partial charge in [-0.15, -0.1) is 0 Å². The highest BCUT2D eigenvalue weighted by Crippen LogP contribution is 2.16. The first kappa shape index (κ1) is 18.7. The van der Waals surface area contributed by atoms with Crippen LogP contribution in [0.2, 0.25) is 0 Å². The predicted octanol–water partition coefficient (Wildman–Crippen LogP) is 3.51. The van der Waals surface area contributed by atoms with Crippen molar-refractivity contribution < 1.29 is 14.6 Å². The van der Waals surface area contributed by atoms with Crippen molar-refractivity contribution in [2.75, 3.05) is 13.2 Å². The van der Waals surface area contributed by atoms with Crippen molar-refractivity contribution in [2.45, 2.75) is 26.5 Å². The molecule has 0 saturated carbocycles. The number of amides is 1. The Morgan fingerprint density at radius 2 is 1.92 bits per heavy atom. The number of benzene rings is 2. The molecule has 2 aromatic carbocycles. The highest BCUT2D eigenvalue weighted by atomic mass is 16.5. The third kappa shape index (κ3) is 6.43. The fourth-order valence-corrected chi connectivity index (χ4v) is 2.43. The van der Waals surface area contributed by atoms with Crippen LogP contribution in [0.5, 0.6) is 5.75 Å². The lowest BCUT2D eigenvalue weighted by Crippen LogP contribution is -2.31. The van der Waals surface area contributed by atoms with E-state index in [9.17, 15) is 9.90 Å². The Morgan fingerprint density at radius 3 is 2.60 bits per heavy atom. The van der Waals surface area contributed by atoms with Gasteiger partial charge in [0.05, 0.1) is 12.7 Å². The molecule has 0 aliphatic rings. The molecule has 0 aromatic heterocycles. The lowest BCUT2D eigenvalue weighted by atomic mass is 10.2. The van der Waals surface area contributed by atoms with Gasteiger partial charge in [-0.25, -0.2) is 0 Å². The maximum atomic E-state index is 12.5. The van der Waals surface area contributed by atoms with Gasteiger partial charge in [0, 0.05) is 19.2 Å². The molecule has 2 rings (SSSR count). The Morgan fingerprint density at radius 1 is 1.16 bits per heavy atom. The minimum absolute atomic E-state index is 0.0654. The summed E-state index contributed by atoms with van der Waals surface area (Å²) in [5, 5.41) is 9.23. The van der Waals surface area contributed by atoms with E-state index in [0.29, 0.717) is 13.1 Å². The largest absolute Gasteiger partial charge is 0.491 e. The number of hydrogen-bond donors (Lipinski definition) is 1. The van der Waals surface area contributed by atoms with E-state index in [1.807, 2.05) is 68.4 Å². The van der Waals surface area contributed by atoms with Crippen molar-refractivity contribution in [2.24, 2.45) is 0 Å². The molecule has 132 valence electrons. The highest BCUT2D eigenvalue weighted by Gasteiger charge is 2.10. The summed E-state index contributed by atoms with van der Waals surface area (Å²) >= 11 is 0. The van der Waals surface area contributed by atoms with E-state index in [-0.39, 0.29) is 18.6 Å². The first-order valence-corrected chi connectivity index (χ1v) is 8.47. The van der Waals surface area contributed by atoms with E-state index >= 15 is 0 Å². The number of hydrogen-bond acceptors (Lipinski definition) is 3. The van der Waals surface area contributed by atoms with Gasteiger partial charge in [-0.2, -0.15) is 0 Å². The van der Waals surface area contributed by atoms with Gasteiger partial charge in [-0.05, 0) is 43.2 Å². The third-order valence-electron chi connectivity index (χ3n) is 3.55. The van der Waals surface area contributed by atoms with E-state index in [1.54, 1.807) is 11.0 Å². The Bertz CT molecular complexity index is 695. The molecule has 1 N–H and O–H groups in total. The molecule has 2 aromatic rings. The van der Waals surface area contributed by atoms with Gasteiger partial charge in [0.2, 0.25) is 5.91 Å². The van der Waals surface area contributed by atoms with Crippen LogP contribution in [0.25, 0.3) is 6.08 Å². The molecule has 0 atom stereocenters. The molecule has 0 aliphatic carbocycles. The van der Waals surface area contributed by atoms with E-state index in [0.717, 1.165) is 16.9 Å². The summed E-state index contributed by atoms with van der Waals surface area (Å²) < 4.78 is 5.66. The van der Waals surface area contributed by atoms with Crippen LogP contribution in [0.4, 0.5) is 0 Å². The van der Waals surface area contributed by atoms with Gasteiger partial charge < -0.3 is 14.7 Å². The van der Waals surface area contributed by atoms with Gasteiger partial charge in [0.15, 0.2) is 0 Å². The highest BCUT2D eigenvalue weighted by molar-refractivity contribution is 5.91. The maximum absolute atomic E-state index is 12.5. The SMILES string of the molecule is CC(C)Oc1cccc(/C=C/C(=O)N(CCO)Cc2ccccc2)c1. The number of carbonyl (C=O) groups is 1. The van der Waals surface area contributed by atoms with Crippen LogP contribution in [0.1, 0.15) is 25.0 Å². The standard InChI is InChI=1S/C21H25NO3/c1-17(2)25-20-10-6-9-18(15-20)11-12-21(24)22(13-14-23)16-19-7-4-3-5-8-19/h3-12,15,17,23H,13-14,16H2,1-2H3/b12-11+. The monoisotopic (exact) mass is 339 g/mol. The van der Waals surface area contributed by atoms with E-state index < -0.39 is 0 Å². The molecule has 0 fully saturated rings. The lowest BCUT2D eigenvalue weighted by molar-refractivity contribution is -0.127. The average Bonchev–Trinajstić information content (AvgIpc) is 2.60. The van der Waals surface area contributed by atoms with Gasteiger partial charge in [0.25, 0.3) is 0 Å². The van der Waals surface area contributed by atoms with E-state index in [2.05, 4.69) is 0 Å². The van der Waals surface area contributed by atoms with Crippen LogP contribution in [-0.2, 0) is 11.3 Å². The molecule has 0 radical (unpaired) electrons. The Labute approximate surface area is 149 Å². The fraction of sp³-hybridized carbons (Fsp3) is 0.286. The fourth-order valence-electron chi connectivity index (χ4n) is 2.43. The molecule has 1 amide bonds. The van der Waals surface area contributed by atoms with E-state index in [4.69, 9.17) is 4.74 Å². The van der Waals surface area contributed by atoms with Crippen LogP contribution < -0.4 is 4.74 Å². The average molecular weight is 339 g/mol. The van der Waals surface area contributed by atoms with Gasteiger partial charge >= 0.3 is 0 Å². The van der Waals surface area contributed by atoms with Crippen LogP contribution >= 0.6 is 0 Å². The zero-order valence-electron chi connectivity index (χ0n) is 14.8. The van der Waals surface area contributed by atoms with Crippen LogP contribution in [0.15, 0.2) is 60.7 Å². The molecule has 0 aliphatic heterocycles. The summed E-state index contributed by atoms with van der Waals surface area (Å²) in [6.07, 6.45) is 3.41. The minimum Gasteiger partial charge on any atom is -0.491 e. The zero-order valence-corrected chi connectivity index (χ0v) is 14.8. The van der Waals surface area contributed by atoms with Crippen molar-refractivity contribution in [1.82, 2.24) is 4.90 Å². The van der Waals surface area contributed by atoms with Gasteiger partial charge in [-0.3, -0.25) is 4.79 Å². The van der Waals surface area contributed by atoms with Crippen molar-refractivity contribution >= 4 is 12.0 Å². The zero-order chi connectivity index (χ0) is 18.1. The summed E-state index contributed by atoms with van der Waals surface area (Å²) in [5.41, 5.74) is 1.93. The summed E-state index contributed by atoms with van der Waals surface area (Å²) in [5.74, 6) is 0.647. The first-order chi connectivity index (χ1) is 12.1. The second-order valence-corrected chi connectivity index (χ2v) is 6.04. The number of ether oxygens (including phenoxy) is 1. The molecule has 0 heterocycles. The molecule has 0 spiro atoms. The summed E-state index contributed by atoms with van der Waals surface area (Å²) in [6, 6.07) is 17.4. The summed E-state index contributed by atoms with van der Waals surface area (Å²) in [6.45, 7) is 4.66. The summed E-state index contributed by atoms with van der Waals surface area (Å²) in [4.78, 5) is 14.1. The molecule has 4 heteroatoms. The van der Waals surface area contributed by atoms with Gasteiger partial charge in [-0.1, -0.05) is 42.5 Å². The summed E-state index contributed by atoms with van der Waals surface area (Å²) in [7, 11) is 0. The maximum Gasteiger partial charge on any atom is 0.246 e. The topological polar surface area (TPSA) is 49.8 Å². The first-order valence-electron chi connectivity index (χ1n) is 8.47. The van der Waals surface area contributed by atoms with E-state index in [1.165, 1.54) is 6.08 Å². The van der Waals surface area contributed by atoms with Crippen molar-refractivity contribution in [3.63, 3.8) is 0 Å². The van der Waals surface area contributed by atoms with Crippen LogP contribution in [0.3, 0.4) is 0 Å². The Balaban J connectivity index is 2.05. The lowest BCUT2D eigenvalue weighted by Gasteiger charge is -2.20. The molecule has 25 heavy (non-hydrogen) atoms. The van der Waals surface area contributed by atoms with Crippen molar-refractivity contribution in [3.8, 4) is 5.75 Å². The number of rotatable bonds is 8. The second-order valence-electron chi connectivity index (χ2n) is 6.04. The normalized spacial score (nSPS) is 11.0.